The molecule has 1 aliphatic rings. The first-order chi connectivity index (χ1) is 7.20. The van der Waals surface area contributed by atoms with Gasteiger partial charge in [-0.05, 0) is 12.3 Å². The molecule has 0 bridgehead atoms. The fraction of sp³-hybridized carbons (Fsp3) is 0.909. The van der Waals surface area contributed by atoms with E-state index in [4.69, 9.17) is 9.47 Å². The second-order valence-corrected chi connectivity index (χ2v) is 4.13. The highest BCUT2D eigenvalue weighted by Crippen LogP contribution is 2.39. The lowest BCUT2D eigenvalue weighted by Gasteiger charge is -2.22. The number of amides is 1. The molecule has 0 heterocycles. The zero-order chi connectivity index (χ0) is 11.3. The van der Waals surface area contributed by atoms with Gasteiger partial charge in [-0.2, -0.15) is 0 Å². The van der Waals surface area contributed by atoms with Crippen LogP contribution in [0.25, 0.3) is 0 Å². The predicted molar refractivity (Wildman–Crippen MR) is 57.6 cm³/mol. The zero-order valence-corrected chi connectivity index (χ0v) is 9.86. The molecule has 0 aromatic rings. The Morgan fingerprint density at radius 1 is 1.27 bits per heavy atom. The first-order valence-electron chi connectivity index (χ1n) is 5.47. The molecule has 0 aromatic carbocycles. The van der Waals surface area contributed by atoms with Crippen molar-refractivity contribution in [3.63, 3.8) is 0 Å². The highest BCUT2D eigenvalue weighted by atomic mass is 16.5. The second kappa shape index (κ2) is 6.08. The van der Waals surface area contributed by atoms with Crippen molar-refractivity contribution in [3.05, 3.63) is 0 Å². The number of nitrogens with zero attached hydrogens (tertiary/aromatic N) is 1. The lowest BCUT2D eigenvalue weighted by molar-refractivity contribution is -0.134. The molecular weight excluding hydrogens is 194 g/mol. The third kappa shape index (κ3) is 3.80. The minimum atomic E-state index is 0.249. The van der Waals surface area contributed by atoms with Gasteiger partial charge in [0.2, 0.25) is 5.91 Å². The van der Waals surface area contributed by atoms with Gasteiger partial charge in [0.05, 0.1) is 13.2 Å². The maximum Gasteiger partial charge on any atom is 0.226 e. The van der Waals surface area contributed by atoms with Crippen molar-refractivity contribution in [2.45, 2.75) is 13.3 Å². The molecule has 15 heavy (non-hydrogen) atoms. The van der Waals surface area contributed by atoms with E-state index in [-0.39, 0.29) is 11.8 Å². The number of hydrogen-bond acceptors (Lipinski definition) is 3. The van der Waals surface area contributed by atoms with E-state index in [9.17, 15) is 4.79 Å². The number of ether oxygens (including phenoxy) is 2. The standard InChI is InChI=1S/C11H21NO3/c1-9-8-10(9)11(13)12(4-6-14-2)5-7-15-3/h9-10H,4-8H2,1-3H3. The maximum absolute atomic E-state index is 11.9. The summed E-state index contributed by atoms with van der Waals surface area (Å²) >= 11 is 0. The first kappa shape index (κ1) is 12.5. The average Bonchev–Trinajstić information content (AvgIpc) is 2.95. The van der Waals surface area contributed by atoms with Gasteiger partial charge >= 0.3 is 0 Å². The third-order valence-corrected chi connectivity index (χ3v) is 2.87. The number of carbonyl (C=O) groups excluding carboxylic acids is 1. The van der Waals surface area contributed by atoms with Gasteiger partial charge in [0, 0.05) is 33.2 Å². The van der Waals surface area contributed by atoms with Crippen LogP contribution in [0.4, 0.5) is 0 Å². The summed E-state index contributed by atoms with van der Waals surface area (Å²) in [5.41, 5.74) is 0. The van der Waals surface area contributed by atoms with Crippen LogP contribution in [-0.4, -0.2) is 51.3 Å². The van der Waals surface area contributed by atoms with E-state index in [1.165, 1.54) is 0 Å². The van der Waals surface area contributed by atoms with Crippen LogP contribution in [0.1, 0.15) is 13.3 Å². The minimum Gasteiger partial charge on any atom is -0.383 e. The quantitative estimate of drug-likeness (QED) is 0.629. The molecule has 4 heteroatoms. The summed E-state index contributed by atoms with van der Waals surface area (Å²) in [7, 11) is 3.30. The number of methoxy groups -OCH3 is 2. The van der Waals surface area contributed by atoms with E-state index in [1.807, 2.05) is 4.90 Å². The van der Waals surface area contributed by atoms with Crippen molar-refractivity contribution in [1.29, 1.82) is 0 Å². The molecule has 0 saturated heterocycles. The van der Waals surface area contributed by atoms with E-state index in [0.29, 0.717) is 32.2 Å². The molecule has 1 saturated carbocycles. The number of rotatable bonds is 7. The Morgan fingerprint density at radius 3 is 2.07 bits per heavy atom. The van der Waals surface area contributed by atoms with Crippen LogP contribution in [0.3, 0.4) is 0 Å². The van der Waals surface area contributed by atoms with Crippen LogP contribution in [-0.2, 0) is 14.3 Å². The molecule has 1 rings (SSSR count). The van der Waals surface area contributed by atoms with Gasteiger partial charge in [0.1, 0.15) is 0 Å². The Bertz CT molecular complexity index is 200. The summed E-state index contributed by atoms with van der Waals surface area (Å²) < 4.78 is 9.99. The molecule has 0 N–H and O–H groups in total. The van der Waals surface area contributed by atoms with Gasteiger partial charge in [-0.25, -0.2) is 0 Å². The number of carbonyl (C=O) groups is 1. The average molecular weight is 215 g/mol. The van der Waals surface area contributed by atoms with Crippen LogP contribution in [0.2, 0.25) is 0 Å². The largest absolute Gasteiger partial charge is 0.383 e. The van der Waals surface area contributed by atoms with E-state index in [2.05, 4.69) is 6.92 Å². The van der Waals surface area contributed by atoms with Gasteiger partial charge in [0.25, 0.3) is 0 Å². The van der Waals surface area contributed by atoms with Gasteiger partial charge in [-0.3, -0.25) is 4.79 Å². The SMILES string of the molecule is COCCN(CCOC)C(=O)C1CC1C. The van der Waals surface area contributed by atoms with Crippen LogP contribution >= 0.6 is 0 Å². The lowest BCUT2D eigenvalue weighted by atomic mass is 10.3. The van der Waals surface area contributed by atoms with Crippen molar-refractivity contribution in [3.8, 4) is 0 Å². The van der Waals surface area contributed by atoms with Crippen LogP contribution < -0.4 is 0 Å². The smallest absolute Gasteiger partial charge is 0.226 e. The van der Waals surface area contributed by atoms with Crippen molar-refractivity contribution in [1.82, 2.24) is 4.90 Å². The Kier molecular flexibility index (Phi) is 5.05. The normalized spacial score (nSPS) is 23.9. The van der Waals surface area contributed by atoms with Crippen LogP contribution in [0, 0.1) is 11.8 Å². The lowest BCUT2D eigenvalue weighted by Crippen LogP contribution is -2.37. The monoisotopic (exact) mass is 215 g/mol. The van der Waals surface area contributed by atoms with Gasteiger partial charge in [-0.1, -0.05) is 6.92 Å². The predicted octanol–water partition coefficient (Wildman–Crippen LogP) is 0.764. The molecule has 0 radical (unpaired) electrons. The van der Waals surface area contributed by atoms with Crippen LogP contribution in [0.5, 0.6) is 0 Å². The maximum atomic E-state index is 11.9. The van der Waals surface area contributed by atoms with E-state index < -0.39 is 0 Å². The Balaban J connectivity index is 2.35. The first-order valence-corrected chi connectivity index (χ1v) is 5.47. The fourth-order valence-corrected chi connectivity index (χ4v) is 1.64. The molecule has 1 aliphatic carbocycles. The molecular formula is C11H21NO3. The third-order valence-electron chi connectivity index (χ3n) is 2.87. The molecule has 2 unspecified atom stereocenters. The molecule has 0 aliphatic heterocycles. The van der Waals surface area contributed by atoms with Crippen molar-refractivity contribution in [2.24, 2.45) is 11.8 Å². The summed E-state index contributed by atoms with van der Waals surface area (Å²) in [6, 6.07) is 0. The van der Waals surface area contributed by atoms with Crippen LogP contribution in [0.15, 0.2) is 0 Å². The zero-order valence-electron chi connectivity index (χ0n) is 9.86. The molecule has 1 amide bonds. The van der Waals surface area contributed by atoms with Gasteiger partial charge < -0.3 is 14.4 Å². The van der Waals surface area contributed by atoms with Crippen molar-refractivity contribution < 1.29 is 14.3 Å². The second-order valence-electron chi connectivity index (χ2n) is 4.13. The van der Waals surface area contributed by atoms with E-state index >= 15 is 0 Å². The van der Waals surface area contributed by atoms with E-state index in [0.717, 1.165) is 6.42 Å². The van der Waals surface area contributed by atoms with Gasteiger partial charge in [0.15, 0.2) is 0 Å². The van der Waals surface area contributed by atoms with Gasteiger partial charge in [-0.15, -0.1) is 0 Å². The highest BCUT2D eigenvalue weighted by molar-refractivity contribution is 5.81. The van der Waals surface area contributed by atoms with Crippen molar-refractivity contribution in [2.75, 3.05) is 40.5 Å². The summed E-state index contributed by atoms with van der Waals surface area (Å²) in [6.45, 7) is 4.64. The molecule has 0 spiro atoms. The Hall–Kier alpha value is -0.610. The molecule has 88 valence electrons. The fourth-order valence-electron chi connectivity index (χ4n) is 1.64. The minimum absolute atomic E-state index is 0.249. The topological polar surface area (TPSA) is 38.8 Å². The molecule has 1 fully saturated rings. The number of hydrogen-bond donors (Lipinski definition) is 0. The van der Waals surface area contributed by atoms with Crippen molar-refractivity contribution >= 4 is 5.91 Å². The molecule has 0 aromatic heterocycles. The molecule has 2 atom stereocenters. The van der Waals surface area contributed by atoms with E-state index in [1.54, 1.807) is 14.2 Å². The Morgan fingerprint density at radius 2 is 1.73 bits per heavy atom. The molecule has 4 nitrogen and oxygen atoms in total. The summed E-state index contributed by atoms with van der Waals surface area (Å²) in [5, 5.41) is 0. The summed E-state index contributed by atoms with van der Waals surface area (Å²) in [4.78, 5) is 13.8. The summed E-state index contributed by atoms with van der Waals surface area (Å²) in [5.74, 6) is 1.07. The highest BCUT2D eigenvalue weighted by Gasteiger charge is 2.41. The summed E-state index contributed by atoms with van der Waals surface area (Å²) in [6.07, 6.45) is 1.04. The Labute approximate surface area is 91.5 Å².